The molecule has 1 saturated heterocycles. The van der Waals surface area contributed by atoms with Gasteiger partial charge in [0.15, 0.2) is 0 Å². The first kappa shape index (κ1) is 22.2. The summed E-state index contributed by atoms with van der Waals surface area (Å²) < 4.78 is 5.00. The minimum Gasteiger partial charge on any atom is -0.375 e. The van der Waals surface area contributed by atoms with Crippen LogP contribution in [0.3, 0.4) is 0 Å². The summed E-state index contributed by atoms with van der Waals surface area (Å²) in [6.07, 6.45) is 1.91. The Labute approximate surface area is 190 Å². The highest BCUT2D eigenvalue weighted by molar-refractivity contribution is 5.90. The zero-order chi connectivity index (χ0) is 22.7. The molecule has 4 rings (SSSR count). The summed E-state index contributed by atoms with van der Waals surface area (Å²) in [5.74, 6) is 2.13. The van der Waals surface area contributed by atoms with Crippen LogP contribution in [0.2, 0.25) is 0 Å². The number of nitrogens with one attached hydrogen (secondary N) is 1. The summed E-state index contributed by atoms with van der Waals surface area (Å²) >= 11 is 0. The highest BCUT2D eigenvalue weighted by Crippen LogP contribution is 2.32. The number of carbonyl (C=O) groups is 1. The Morgan fingerprint density at radius 1 is 1.16 bits per heavy atom. The molecular formula is C26H32N4O2. The smallest absolute Gasteiger partial charge is 0.248 e. The van der Waals surface area contributed by atoms with Crippen molar-refractivity contribution in [2.24, 2.45) is 0 Å². The molecule has 0 radical (unpaired) electrons. The second kappa shape index (κ2) is 9.65. The Hall–Kier alpha value is -2.99. The van der Waals surface area contributed by atoms with Crippen LogP contribution in [-0.2, 0) is 9.53 Å². The number of likely N-dealkylation sites (tertiary alicyclic amines) is 1. The Balaban J connectivity index is 1.57. The fourth-order valence-electron chi connectivity index (χ4n) is 4.53. The third kappa shape index (κ3) is 4.91. The van der Waals surface area contributed by atoms with Crippen molar-refractivity contribution < 1.29 is 9.53 Å². The lowest BCUT2D eigenvalue weighted by atomic mass is 9.88. The van der Waals surface area contributed by atoms with Gasteiger partial charge in [-0.25, -0.2) is 9.97 Å². The number of carbonyl (C=O) groups excluding carboxylic acids is 1. The molecule has 6 heteroatoms. The second-order valence-electron chi connectivity index (χ2n) is 8.76. The molecule has 2 heterocycles. The van der Waals surface area contributed by atoms with Crippen molar-refractivity contribution in [2.45, 2.75) is 45.6 Å². The van der Waals surface area contributed by atoms with Crippen molar-refractivity contribution in [3.8, 4) is 0 Å². The van der Waals surface area contributed by atoms with E-state index in [-0.39, 0.29) is 18.6 Å². The number of aromatic nitrogens is 2. The molecule has 1 amide bonds. The first-order chi connectivity index (χ1) is 15.4. The lowest BCUT2D eigenvalue weighted by Crippen LogP contribution is -2.39. The summed E-state index contributed by atoms with van der Waals surface area (Å²) in [4.78, 5) is 23.4. The van der Waals surface area contributed by atoms with E-state index >= 15 is 0 Å². The summed E-state index contributed by atoms with van der Waals surface area (Å²) in [5, 5.41) is 4.66. The molecule has 1 aliphatic heterocycles. The molecular weight excluding hydrogens is 400 g/mol. The van der Waals surface area contributed by atoms with Crippen molar-refractivity contribution in [1.82, 2.24) is 14.9 Å². The SMILES string of the molecule is COCC(=O)N1CCC(c2ccc3nc(C)nc(N[C@H](C)c4cccc(C)c4)c3c2)CC1. The molecule has 3 aromatic rings. The topological polar surface area (TPSA) is 67.3 Å². The van der Waals surface area contributed by atoms with Gasteiger partial charge in [-0.1, -0.05) is 35.9 Å². The molecule has 1 aliphatic rings. The molecule has 1 N–H and O–H groups in total. The highest BCUT2D eigenvalue weighted by atomic mass is 16.5. The van der Waals surface area contributed by atoms with Crippen molar-refractivity contribution in [3.63, 3.8) is 0 Å². The lowest BCUT2D eigenvalue weighted by Gasteiger charge is -2.32. The molecule has 0 bridgehead atoms. The van der Waals surface area contributed by atoms with E-state index in [0.29, 0.717) is 5.92 Å². The fraction of sp³-hybridized carbons (Fsp3) is 0.423. The average Bonchev–Trinajstić information content (AvgIpc) is 2.79. The number of benzene rings is 2. The van der Waals surface area contributed by atoms with Crippen LogP contribution in [0.1, 0.15) is 54.2 Å². The van der Waals surface area contributed by atoms with Crippen LogP contribution in [-0.4, -0.2) is 47.6 Å². The van der Waals surface area contributed by atoms with Gasteiger partial charge >= 0.3 is 0 Å². The second-order valence-corrected chi connectivity index (χ2v) is 8.76. The molecule has 32 heavy (non-hydrogen) atoms. The summed E-state index contributed by atoms with van der Waals surface area (Å²) in [6, 6.07) is 15.2. The highest BCUT2D eigenvalue weighted by Gasteiger charge is 2.24. The number of hydrogen-bond acceptors (Lipinski definition) is 5. The van der Waals surface area contributed by atoms with E-state index in [9.17, 15) is 4.79 Å². The monoisotopic (exact) mass is 432 g/mol. The predicted octanol–water partition coefficient (Wildman–Crippen LogP) is 4.77. The number of amides is 1. The molecule has 2 aromatic carbocycles. The maximum Gasteiger partial charge on any atom is 0.248 e. The Morgan fingerprint density at radius 2 is 1.94 bits per heavy atom. The molecule has 1 fully saturated rings. The third-order valence-corrected chi connectivity index (χ3v) is 6.31. The molecule has 6 nitrogen and oxygen atoms in total. The number of ether oxygens (including phenoxy) is 1. The largest absolute Gasteiger partial charge is 0.375 e. The van der Waals surface area contributed by atoms with Crippen LogP contribution in [0.4, 0.5) is 5.82 Å². The van der Waals surface area contributed by atoms with E-state index in [1.165, 1.54) is 16.7 Å². The molecule has 168 valence electrons. The van der Waals surface area contributed by atoms with E-state index in [2.05, 4.69) is 66.6 Å². The molecule has 1 aromatic heterocycles. The van der Waals surface area contributed by atoms with Gasteiger partial charge in [0.25, 0.3) is 0 Å². The van der Waals surface area contributed by atoms with E-state index in [1.54, 1.807) is 7.11 Å². The number of hydrogen-bond donors (Lipinski definition) is 1. The zero-order valence-electron chi connectivity index (χ0n) is 19.4. The van der Waals surface area contributed by atoms with Gasteiger partial charge < -0.3 is 15.0 Å². The summed E-state index contributed by atoms with van der Waals surface area (Å²) in [7, 11) is 1.56. The minimum absolute atomic E-state index is 0.0740. The Kier molecular flexibility index (Phi) is 6.70. The average molecular weight is 433 g/mol. The maximum absolute atomic E-state index is 12.1. The van der Waals surface area contributed by atoms with Crippen LogP contribution in [0, 0.1) is 13.8 Å². The van der Waals surface area contributed by atoms with Crippen LogP contribution in [0.25, 0.3) is 10.9 Å². The first-order valence-corrected chi connectivity index (χ1v) is 11.3. The van der Waals surface area contributed by atoms with Crippen molar-refractivity contribution in [1.29, 1.82) is 0 Å². The van der Waals surface area contributed by atoms with E-state index in [4.69, 9.17) is 9.72 Å². The van der Waals surface area contributed by atoms with E-state index in [0.717, 1.165) is 48.5 Å². The molecule has 0 unspecified atom stereocenters. The molecule has 0 spiro atoms. The number of rotatable bonds is 6. The number of piperidine rings is 1. The first-order valence-electron chi connectivity index (χ1n) is 11.3. The van der Waals surface area contributed by atoms with Gasteiger partial charge in [0.1, 0.15) is 18.2 Å². The Bertz CT molecular complexity index is 1110. The predicted molar refractivity (Wildman–Crippen MR) is 128 cm³/mol. The minimum atomic E-state index is 0.0740. The quantitative estimate of drug-likeness (QED) is 0.608. The fourth-order valence-corrected chi connectivity index (χ4v) is 4.53. The molecule has 0 saturated carbocycles. The third-order valence-electron chi connectivity index (χ3n) is 6.31. The van der Waals surface area contributed by atoms with Gasteiger partial charge in [-0.2, -0.15) is 0 Å². The number of nitrogens with zero attached hydrogens (tertiary/aromatic N) is 3. The summed E-state index contributed by atoms with van der Waals surface area (Å²) in [6.45, 7) is 7.90. The number of fused-ring (bicyclic) bond motifs is 1. The molecule has 0 aliphatic carbocycles. The number of anilines is 1. The number of methoxy groups -OCH3 is 1. The van der Waals surface area contributed by atoms with Gasteiger partial charge in [-0.15, -0.1) is 0 Å². The summed E-state index contributed by atoms with van der Waals surface area (Å²) in [5.41, 5.74) is 4.72. The van der Waals surface area contributed by atoms with Crippen LogP contribution < -0.4 is 5.32 Å². The van der Waals surface area contributed by atoms with Crippen molar-refractivity contribution in [3.05, 3.63) is 65.0 Å². The standard InChI is InChI=1S/C26H32N4O2/c1-17-6-5-7-21(14-17)18(2)27-26-23-15-22(8-9-24(23)28-19(3)29-26)20-10-12-30(13-11-20)25(31)16-32-4/h5-9,14-15,18,20H,10-13,16H2,1-4H3,(H,27,28,29)/t18-/m1/s1. The lowest BCUT2D eigenvalue weighted by molar-refractivity contribution is -0.136. The van der Waals surface area contributed by atoms with Crippen LogP contribution in [0.15, 0.2) is 42.5 Å². The van der Waals surface area contributed by atoms with Crippen LogP contribution >= 0.6 is 0 Å². The maximum atomic E-state index is 12.1. The van der Waals surface area contributed by atoms with Gasteiger partial charge in [-0.05, 0) is 62.8 Å². The normalized spacial score (nSPS) is 15.7. The zero-order valence-corrected chi connectivity index (χ0v) is 19.4. The van der Waals surface area contributed by atoms with Crippen molar-refractivity contribution >= 4 is 22.6 Å². The van der Waals surface area contributed by atoms with Gasteiger partial charge in [0, 0.05) is 31.6 Å². The Morgan fingerprint density at radius 3 is 2.66 bits per heavy atom. The number of aryl methyl sites for hydroxylation is 2. The van der Waals surface area contributed by atoms with Crippen molar-refractivity contribution in [2.75, 3.05) is 32.1 Å². The van der Waals surface area contributed by atoms with E-state index in [1.807, 2.05) is 11.8 Å². The van der Waals surface area contributed by atoms with Gasteiger partial charge in [0.05, 0.1) is 5.52 Å². The molecule has 1 atom stereocenters. The van der Waals surface area contributed by atoms with Gasteiger partial charge in [-0.3, -0.25) is 4.79 Å². The van der Waals surface area contributed by atoms with Crippen LogP contribution in [0.5, 0.6) is 0 Å². The van der Waals surface area contributed by atoms with E-state index < -0.39 is 0 Å². The van der Waals surface area contributed by atoms with Gasteiger partial charge in [0.2, 0.25) is 5.91 Å².